The first-order chi connectivity index (χ1) is 11.8. The number of nitrogens with zero attached hydrogens (tertiary/aromatic N) is 4. The molecule has 1 aliphatic rings. The van der Waals surface area contributed by atoms with E-state index in [2.05, 4.69) is 10.1 Å². The van der Waals surface area contributed by atoms with Gasteiger partial charge in [0, 0.05) is 30.5 Å². The van der Waals surface area contributed by atoms with Crippen molar-refractivity contribution in [3.05, 3.63) is 60.6 Å². The fraction of sp³-hybridized carbons (Fsp3) is 0.316. The van der Waals surface area contributed by atoms with Crippen LogP contribution >= 0.6 is 0 Å². The number of pyridine rings is 1. The third-order valence-corrected chi connectivity index (χ3v) is 4.71. The molecule has 5 nitrogen and oxygen atoms in total. The number of aromatic nitrogens is 3. The van der Waals surface area contributed by atoms with E-state index >= 15 is 0 Å². The maximum atomic E-state index is 12.9. The molecule has 4 rings (SSSR count). The van der Waals surface area contributed by atoms with Crippen LogP contribution in [0.1, 0.15) is 18.4 Å². The van der Waals surface area contributed by atoms with Crippen molar-refractivity contribution in [2.45, 2.75) is 31.8 Å². The molecule has 3 heterocycles. The third kappa shape index (κ3) is 2.89. The number of fused-ring (bicyclic) bond motifs is 1. The second-order valence-corrected chi connectivity index (χ2v) is 6.28. The minimum atomic E-state index is 0.183. The summed E-state index contributed by atoms with van der Waals surface area (Å²) < 4.78 is 1.91. The van der Waals surface area contributed by atoms with Crippen molar-refractivity contribution in [1.29, 1.82) is 0 Å². The number of carbonyl (C=O) groups excluding carboxylic acids is 1. The van der Waals surface area contributed by atoms with Gasteiger partial charge in [-0.15, -0.1) is 0 Å². The van der Waals surface area contributed by atoms with Crippen LogP contribution in [0, 0.1) is 0 Å². The average Bonchev–Trinajstić information content (AvgIpc) is 3.27. The highest BCUT2D eigenvalue weighted by atomic mass is 16.2. The van der Waals surface area contributed by atoms with Crippen molar-refractivity contribution in [2.75, 3.05) is 6.54 Å². The second kappa shape index (κ2) is 6.43. The molecule has 24 heavy (non-hydrogen) atoms. The van der Waals surface area contributed by atoms with Gasteiger partial charge in [-0.1, -0.05) is 24.3 Å². The highest BCUT2D eigenvalue weighted by Gasteiger charge is 2.29. The number of carbonyl (C=O) groups is 1. The number of likely N-dealkylation sites (tertiary alicyclic amines) is 1. The molecule has 2 aromatic heterocycles. The van der Waals surface area contributed by atoms with Crippen LogP contribution < -0.4 is 0 Å². The predicted octanol–water partition coefficient (Wildman–Crippen LogP) is 2.67. The van der Waals surface area contributed by atoms with Gasteiger partial charge >= 0.3 is 0 Å². The van der Waals surface area contributed by atoms with E-state index in [0.29, 0.717) is 6.42 Å². The molecule has 1 amide bonds. The third-order valence-electron chi connectivity index (χ3n) is 4.71. The first kappa shape index (κ1) is 14.9. The highest BCUT2D eigenvalue weighted by molar-refractivity contribution is 5.87. The maximum Gasteiger partial charge on any atom is 0.227 e. The van der Waals surface area contributed by atoms with Gasteiger partial charge in [-0.3, -0.25) is 14.5 Å². The first-order valence-corrected chi connectivity index (χ1v) is 8.41. The Morgan fingerprint density at radius 1 is 1.17 bits per heavy atom. The number of hydrogen-bond acceptors (Lipinski definition) is 3. The van der Waals surface area contributed by atoms with E-state index in [4.69, 9.17) is 0 Å². The Labute approximate surface area is 140 Å². The van der Waals surface area contributed by atoms with Gasteiger partial charge in [0.25, 0.3) is 0 Å². The van der Waals surface area contributed by atoms with Crippen molar-refractivity contribution in [3.8, 4) is 0 Å². The Morgan fingerprint density at radius 2 is 2.08 bits per heavy atom. The van der Waals surface area contributed by atoms with Gasteiger partial charge in [-0.05, 0) is 30.5 Å². The quantitative estimate of drug-likeness (QED) is 0.742. The topological polar surface area (TPSA) is 51.0 Å². The number of hydrogen-bond donors (Lipinski definition) is 0. The molecule has 1 atom stereocenters. The van der Waals surface area contributed by atoms with Gasteiger partial charge in [0.05, 0.1) is 24.5 Å². The van der Waals surface area contributed by atoms with Crippen LogP contribution in [0.3, 0.4) is 0 Å². The molecule has 1 aromatic carbocycles. The smallest absolute Gasteiger partial charge is 0.227 e. The molecule has 1 saturated heterocycles. The SMILES string of the molecule is O=C(Cc1cccc2cccnc12)N1CCC[C@H]1Cn1cccn1. The molecule has 0 radical (unpaired) electrons. The van der Waals surface area contributed by atoms with E-state index in [9.17, 15) is 4.79 Å². The summed E-state index contributed by atoms with van der Waals surface area (Å²) >= 11 is 0. The van der Waals surface area contributed by atoms with Crippen molar-refractivity contribution < 1.29 is 4.79 Å². The molecule has 0 saturated carbocycles. The monoisotopic (exact) mass is 320 g/mol. The lowest BCUT2D eigenvalue weighted by atomic mass is 10.1. The summed E-state index contributed by atoms with van der Waals surface area (Å²) in [5, 5.41) is 5.35. The zero-order valence-corrected chi connectivity index (χ0v) is 13.5. The molecular formula is C19H20N4O. The molecule has 0 bridgehead atoms. The summed E-state index contributed by atoms with van der Waals surface area (Å²) in [5.74, 6) is 0.183. The van der Waals surface area contributed by atoms with Gasteiger partial charge in [0.2, 0.25) is 5.91 Å². The summed E-state index contributed by atoms with van der Waals surface area (Å²) in [6.07, 6.45) is 8.03. The van der Waals surface area contributed by atoms with Crippen molar-refractivity contribution in [1.82, 2.24) is 19.7 Å². The van der Waals surface area contributed by atoms with Gasteiger partial charge in [0.1, 0.15) is 0 Å². The zero-order valence-electron chi connectivity index (χ0n) is 13.5. The molecule has 0 spiro atoms. The minimum Gasteiger partial charge on any atom is -0.338 e. The minimum absolute atomic E-state index is 0.183. The van der Waals surface area contributed by atoms with E-state index in [1.807, 2.05) is 52.2 Å². The lowest BCUT2D eigenvalue weighted by Crippen LogP contribution is -2.39. The molecule has 1 aliphatic heterocycles. The Morgan fingerprint density at radius 3 is 2.96 bits per heavy atom. The normalized spacial score (nSPS) is 17.5. The lowest BCUT2D eigenvalue weighted by Gasteiger charge is -2.25. The average molecular weight is 320 g/mol. The second-order valence-electron chi connectivity index (χ2n) is 6.28. The summed E-state index contributed by atoms with van der Waals surface area (Å²) in [4.78, 5) is 19.3. The van der Waals surface area contributed by atoms with E-state index in [0.717, 1.165) is 42.4 Å². The van der Waals surface area contributed by atoms with Crippen LogP contribution in [0.4, 0.5) is 0 Å². The molecule has 0 unspecified atom stereocenters. The van der Waals surface area contributed by atoms with Crippen molar-refractivity contribution in [2.24, 2.45) is 0 Å². The van der Waals surface area contributed by atoms with Gasteiger partial charge in [-0.25, -0.2) is 0 Å². The Bertz CT molecular complexity index is 838. The number of benzene rings is 1. The zero-order chi connectivity index (χ0) is 16.4. The van der Waals surface area contributed by atoms with Crippen LogP contribution in [0.2, 0.25) is 0 Å². The van der Waals surface area contributed by atoms with E-state index in [-0.39, 0.29) is 11.9 Å². The summed E-state index contributed by atoms with van der Waals surface area (Å²) in [5.41, 5.74) is 1.93. The fourth-order valence-corrected chi connectivity index (χ4v) is 3.55. The molecule has 0 aliphatic carbocycles. The molecule has 1 fully saturated rings. The Hall–Kier alpha value is -2.69. The van der Waals surface area contributed by atoms with E-state index in [1.54, 1.807) is 12.4 Å². The Kier molecular flexibility index (Phi) is 3.99. The summed E-state index contributed by atoms with van der Waals surface area (Å²) in [6.45, 7) is 1.61. The molecular weight excluding hydrogens is 300 g/mol. The van der Waals surface area contributed by atoms with Gasteiger partial charge in [0.15, 0.2) is 0 Å². The standard InChI is InChI=1S/C19H20N4O/c24-18(13-16-6-1-5-15-7-2-9-20-19(15)16)23-12-3-8-17(23)14-22-11-4-10-21-22/h1-2,4-7,9-11,17H,3,8,12-14H2/t17-/m0/s1. The van der Waals surface area contributed by atoms with Gasteiger partial charge < -0.3 is 4.90 Å². The number of rotatable bonds is 4. The lowest BCUT2D eigenvalue weighted by molar-refractivity contribution is -0.131. The molecule has 0 N–H and O–H groups in total. The van der Waals surface area contributed by atoms with Crippen LogP contribution in [-0.2, 0) is 17.8 Å². The molecule has 3 aromatic rings. The predicted molar refractivity (Wildman–Crippen MR) is 92.4 cm³/mol. The fourth-order valence-electron chi connectivity index (χ4n) is 3.55. The first-order valence-electron chi connectivity index (χ1n) is 8.41. The Balaban J connectivity index is 1.52. The maximum absolute atomic E-state index is 12.9. The summed E-state index contributed by atoms with van der Waals surface area (Å²) in [6, 6.07) is 12.2. The van der Waals surface area contributed by atoms with Gasteiger partial charge in [-0.2, -0.15) is 5.10 Å². The molecule has 5 heteroatoms. The largest absolute Gasteiger partial charge is 0.338 e. The van der Waals surface area contributed by atoms with Crippen LogP contribution in [0.15, 0.2) is 55.0 Å². The number of para-hydroxylation sites is 1. The van der Waals surface area contributed by atoms with E-state index < -0.39 is 0 Å². The van der Waals surface area contributed by atoms with Crippen LogP contribution in [-0.4, -0.2) is 38.2 Å². The molecule has 122 valence electrons. The van der Waals surface area contributed by atoms with Crippen molar-refractivity contribution in [3.63, 3.8) is 0 Å². The number of amides is 1. The van der Waals surface area contributed by atoms with Crippen LogP contribution in [0.5, 0.6) is 0 Å². The summed E-state index contributed by atoms with van der Waals surface area (Å²) in [7, 11) is 0. The van der Waals surface area contributed by atoms with E-state index in [1.165, 1.54) is 0 Å². The van der Waals surface area contributed by atoms with Crippen molar-refractivity contribution >= 4 is 16.8 Å². The van der Waals surface area contributed by atoms with Crippen LogP contribution in [0.25, 0.3) is 10.9 Å². The highest BCUT2D eigenvalue weighted by Crippen LogP contribution is 2.22.